The van der Waals surface area contributed by atoms with Gasteiger partial charge in [0.05, 0.1) is 19.8 Å². The molecule has 1 aromatic carbocycles. The van der Waals surface area contributed by atoms with E-state index < -0.39 is 18.3 Å². The van der Waals surface area contributed by atoms with Gasteiger partial charge in [0.1, 0.15) is 24.4 Å². The minimum Gasteiger partial charge on any atom is -0.394 e. The molecule has 1 fully saturated rings. The third-order valence-corrected chi connectivity index (χ3v) is 2.93. The lowest BCUT2D eigenvalue weighted by atomic mass is 10.1. The highest BCUT2D eigenvalue weighted by molar-refractivity contribution is 5.13. The summed E-state index contributed by atoms with van der Waals surface area (Å²) in [5.74, 6) is 0. The van der Waals surface area contributed by atoms with Crippen molar-refractivity contribution in [3.05, 3.63) is 35.9 Å². The van der Waals surface area contributed by atoms with Gasteiger partial charge in [-0.25, -0.2) is 0 Å². The standard InChI is InChI=1S/C13H18O5/c14-6-11-13(18-11)12(16)10(15)8-17-7-9-4-2-1-3-5-9/h1-5,10-16H,6-8H2/t10-,11+,12+,13+/m0/s1. The van der Waals surface area contributed by atoms with E-state index in [2.05, 4.69) is 0 Å². The van der Waals surface area contributed by atoms with Gasteiger partial charge in [0, 0.05) is 0 Å². The first kappa shape index (κ1) is 13.5. The molecule has 0 saturated carbocycles. The topological polar surface area (TPSA) is 82.5 Å². The van der Waals surface area contributed by atoms with E-state index >= 15 is 0 Å². The molecule has 3 N–H and O–H groups in total. The average molecular weight is 254 g/mol. The molecule has 1 aromatic rings. The molecule has 5 nitrogen and oxygen atoms in total. The largest absolute Gasteiger partial charge is 0.394 e. The van der Waals surface area contributed by atoms with Gasteiger partial charge in [-0.15, -0.1) is 0 Å². The predicted molar refractivity (Wildman–Crippen MR) is 63.9 cm³/mol. The normalized spacial score (nSPS) is 25.7. The molecule has 5 heteroatoms. The number of hydrogen-bond donors (Lipinski definition) is 3. The quantitative estimate of drug-likeness (QED) is 0.581. The summed E-state index contributed by atoms with van der Waals surface area (Å²) in [5, 5.41) is 28.2. The molecular formula is C13H18O5. The number of aliphatic hydroxyl groups is 3. The fraction of sp³-hybridized carbons (Fsp3) is 0.538. The van der Waals surface area contributed by atoms with Crippen LogP contribution in [-0.2, 0) is 16.1 Å². The number of epoxide rings is 1. The third kappa shape index (κ3) is 3.51. The molecule has 1 aliphatic heterocycles. The van der Waals surface area contributed by atoms with Crippen LogP contribution in [0.5, 0.6) is 0 Å². The van der Waals surface area contributed by atoms with E-state index in [1.165, 1.54) is 0 Å². The van der Waals surface area contributed by atoms with Crippen molar-refractivity contribution < 1.29 is 24.8 Å². The first-order valence-electron chi connectivity index (χ1n) is 5.96. The van der Waals surface area contributed by atoms with E-state index in [-0.39, 0.29) is 19.3 Å². The third-order valence-electron chi connectivity index (χ3n) is 2.93. The molecule has 0 unspecified atom stereocenters. The van der Waals surface area contributed by atoms with Gasteiger partial charge in [-0.1, -0.05) is 30.3 Å². The molecule has 18 heavy (non-hydrogen) atoms. The molecular weight excluding hydrogens is 236 g/mol. The number of ether oxygens (including phenoxy) is 2. The molecule has 4 atom stereocenters. The second-order valence-corrected chi connectivity index (χ2v) is 4.38. The summed E-state index contributed by atoms with van der Waals surface area (Å²) in [6, 6.07) is 9.59. The zero-order valence-electron chi connectivity index (χ0n) is 9.98. The zero-order valence-corrected chi connectivity index (χ0v) is 9.98. The molecule has 1 saturated heterocycles. The highest BCUT2D eigenvalue weighted by atomic mass is 16.6. The van der Waals surface area contributed by atoms with Gasteiger partial charge in [0.25, 0.3) is 0 Å². The van der Waals surface area contributed by atoms with Crippen LogP contribution in [0.3, 0.4) is 0 Å². The van der Waals surface area contributed by atoms with Crippen molar-refractivity contribution >= 4 is 0 Å². The van der Waals surface area contributed by atoms with Crippen LogP contribution in [0.2, 0.25) is 0 Å². The Morgan fingerprint density at radius 3 is 2.56 bits per heavy atom. The van der Waals surface area contributed by atoms with Crippen LogP contribution in [0.1, 0.15) is 5.56 Å². The number of benzene rings is 1. The number of rotatable bonds is 7. The molecule has 0 bridgehead atoms. The van der Waals surface area contributed by atoms with E-state index in [1.54, 1.807) is 0 Å². The van der Waals surface area contributed by atoms with Crippen LogP contribution in [0.25, 0.3) is 0 Å². The average Bonchev–Trinajstić information content (AvgIpc) is 3.18. The van der Waals surface area contributed by atoms with Gasteiger partial charge in [-0.05, 0) is 5.56 Å². The SMILES string of the molecule is OC[C@H]1O[C@H]1[C@H](O)[C@@H](O)COCc1ccccc1. The lowest BCUT2D eigenvalue weighted by Gasteiger charge is -2.16. The molecule has 100 valence electrons. The van der Waals surface area contributed by atoms with E-state index in [0.717, 1.165) is 5.56 Å². The summed E-state index contributed by atoms with van der Waals surface area (Å²) in [5.41, 5.74) is 1.01. The Morgan fingerprint density at radius 1 is 1.22 bits per heavy atom. The molecule has 2 rings (SSSR count). The molecule has 1 heterocycles. The molecule has 0 amide bonds. The monoisotopic (exact) mass is 254 g/mol. The van der Waals surface area contributed by atoms with E-state index in [0.29, 0.717) is 6.61 Å². The zero-order chi connectivity index (χ0) is 13.0. The van der Waals surface area contributed by atoms with Crippen molar-refractivity contribution in [2.75, 3.05) is 13.2 Å². The fourth-order valence-corrected chi connectivity index (χ4v) is 1.79. The van der Waals surface area contributed by atoms with Crippen molar-refractivity contribution in [3.63, 3.8) is 0 Å². The van der Waals surface area contributed by atoms with Crippen molar-refractivity contribution in [1.29, 1.82) is 0 Å². The molecule has 0 aliphatic carbocycles. The second kappa shape index (κ2) is 6.26. The summed E-state index contributed by atoms with van der Waals surface area (Å²) in [4.78, 5) is 0. The minimum absolute atomic E-state index is 0.0358. The van der Waals surface area contributed by atoms with Crippen LogP contribution in [0, 0.1) is 0 Å². The summed E-state index contributed by atoms with van der Waals surface area (Å²) < 4.78 is 10.3. The van der Waals surface area contributed by atoms with Crippen molar-refractivity contribution in [3.8, 4) is 0 Å². The Balaban J connectivity index is 1.67. The highest BCUT2D eigenvalue weighted by Crippen LogP contribution is 2.26. The molecule has 0 aromatic heterocycles. The maximum atomic E-state index is 9.69. The smallest absolute Gasteiger partial charge is 0.115 e. The van der Waals surface area contributed by atoms with E-state index in [1.807, 2.05) is 30.3 Å². The van der Waals surface area contributed by atoms with Crippen molar-refractivity contribution in [2.45, 2.75) is 31.0 Å². The summed E-state index contributed by atoms with van der Waals surface area (Å²) in [6.07, 6.45) is -2.86. The van der Waals surface area contributed by atoms with Crippen LogP contribution in [-0.4, -0.2) is 52.9 Å². The summed E-state index contributed by atoms with van der Waals surface area (Å²) in [7, 11) is 0. The van der Waals surface area contributed by atoms with Crippen LogP contribution >= 0.6 is 0 Å². The number of hydrogen-bond acceptors (Lipinski definition) is 5. The maximum absolute atomic E-state index is 9.69. The minimum atomic E-state index is -1.02. The fourth-order valence-electron chi connectivity index (χ4n) is 1.79. The lowest BCUT2D eigenvalue weighted by molar-refractivity contribution is -0.0510. The molecule has 0 spiro atoms. The van der Waals surface area contributed by atoms with Gasteiger partial charge in [-0.3, -0.25) is 0 Å². The van der Waals surface area contributed by atoms with Gasteiger partial charge in [0.2, 0.25) is 0 Å². The summed E-state index contributed by atoms with van der Waals surface area (Å²) in [6.45, 7) is 0.285. The first-order chi connectivity index (χ1) is 8.72. The predicted octanol–water partition coefficient (Wildman–Crippen LogP) is -0.315. The van der Waals surface area contributed by atoms with Gasteiger partial charge in [-0.2, -0.15) is 0 Å². The highest BCUT2D eigenvalue weighted by Gasteiger charge is 2.46. The van der Waals surface area contributed by atoms with E-state index in [4.69, 9.17) is 14.6 Å². The Kier molecular flexibility index (Phi) is 4.68. The lowest BCUT2D eigenvalue weighted by Crippen LogP contribution is -2.36. The first-order valence-corrected chi connectivity index (χ1v) is 5.96. The Bertz CT molecular complexity index is 356. The summed E-state index contributed by atoms with van der Waals surface area (Å²) >= 11 is 0. The molecule has 0 radical (unpaired) electrons. The second-order valence-electron chi connectivity index (χ2n) is 4.38. The Labute approximate surface area is 106 Å². The van der Waals surface area contributed by atoms with E-state index in [9.17, 15) is 10.2 Å². The van der Waals surface area contributed by atoms with Gasteiger partial charge >= 0.3 is 0 Å². The van der Waals surface area contributed by atoms with Crippen LogP contribution < -0.4 is 0 Å². The Morgan fingerprint density at radius 2 is 1.94 bits per heavy atom. The van der Waals surface area contributed by atoms with Crippen molar-refractivity contribution in [2.24, 2.45) is 0 Å². The maximum Gasteiger partial charge on any atom is 0.115 e. The molecule has 1 aliphatic rings. The number of aliphatic hydroxyl groups excluding tert-OH is 3. The van der Waals surface area contributed by atoms with Crippen LogP contribution in [0.4, 0.5) is 0 Å². The van der Waals surface area contributed by atoms with Crippen molar-refractivity contribution in [1.82, 2.24) is 0 Å². The van der Waals surface area contributed by atoms with Crippen LogP contribution in [0.15, 0.2) is 30.3 Å². The Hall–Kier alpha value is -0.980. The van der Waals surface area contributed by atoms with Gasteiger partial charge < -0.3 is 24.8 Å². The van der Waals surface area contributed by atoms with Gasteiger partial charge in [0.15, 0.2) is 0 Å².